The number of benzene rings is 1. The molecule has 21 heavy (non-hydrogen) atoms. The molecule has 1 aromatic rings. The van der Waals surface area contributed by atoms with Gasteiger partial charge in [-0.25, -0.2) is 0 Å². The van der Waals surface area contributed by atoms with Crippen LogP contribution in [0.5, 0.6) is 0 Å². The van der Waals surface area contributed by atoms with E-state index in [1.165, 1.54) is 4.90 Å². The molecule has 0 aliphatic carbocycles. The molecule has 8 heteroatoms. The second-order valence-corrected chi connectivity index (χ2v) is 4.97. The van der Waals surface area contributed by atoms with E-state index in [2.05, 4.69) is 0 Å². The smallest absolute Gasteiger partial charge is 0.304 e. The van der Waals surface area contributed by atoms with E-state index >= 15 is 0 Å². The number of nitrogens with zero attached hydrogens (tertiary/aromatic N) is 2. The van der Waals surface area contributed by atoms with Crippen LogP contribution in [0.15, 0.2) is 18.2 Å². The fraction of sp³-hybridized carbons (Fsp3) is 0.385. The van der Waals surface area contributed by atoms with Gasteiger partial charge in [0.25, 0.3) is 5.91 Å². The molecule has 114 valence electrons. The maximum atomic E-state index is 13.5. The van der Waals surface area contributed by atoms with Crippen molar-refractivity contribution in [3.8, 4) is 0 Å². The van der Waals surface area contributed by atoms with E-state index in [4.69, 9.17) is 5.73 Å². The van der Waals surface area contributed by atoms with Crippen molar-refractivity contribution in [2.75, 3.05) is 13.1 Å². The number of nitrogens with two attached hydrogens (primary N) is 1. The quantitative estimate of drug-likeness (QED) is 0.631. The van der Waals surface area contributed by atoms with Crippen LogP contribution in [0.3, 0.4) is 0 Å². The van der Waals surface area contributed by atoms with Crippen molar-refractivity contribution in [2.45, 2.75) is 13.8 Å². The minimum atomic E-state index is -1.10. The lowest BCUT2D eigenvalue weighted by molar-refractivity contribution is -0.387. The molecule has 0 aromatic heterocycles. The Bertz CT molecular complexity index is 575. The monoisotopic (exact) mass is 297 g/mol. The summed E-state index contributed by atoms with van der Waals surface area (Å²) in [7, 11) is 0. The van der Waals surface area contributed by atoms with Gasteiger partial charge in [0.2, 0.25) is 11.7 Å². The first-order valence-electron chi connectivity index (χ1n) is 6.24. The number of amides is 2. The number of carbonyl (C=O) groups is 2. The van der Waals surface area contributed by atoms with Crippen molar-refractivity contribution in [2.24, 2.45) is 11.7 Å². The van der Waals surface area contributed by atoms with Gasteiger partial charge >= 0.3 is 5.69 Å². The van der Waals surface area contributed by atoms with Crippen LogP contribution in [0, 0.1) is 21.8 Å². The van der Waals surface area contributed by atoms with E-state index in [1.807, 2.05) is 13.8 Å². The molecule has 2 N–H and O–H groups in total. The van der Waals surface area contributed by atoms with Gasteiger partial charge in [0, 0.05) is 18.2 Å². The van der Waals surface area contributed by atoms with Crippen LogP contribution in [0.4, 0.5) is 10.1 Å². The van der Waals surface area contributed by atoms with Gasteiger partial charge in [-0.15, -0.1) is 0 Å². The average molecular weight is 297 g/mol. The number of nitro groups is 1. The standard InChI is InChI=1S/C13H16FN3O4/c1-8(2)6-16(7-12(15)18)13(19)9-3-4-11(17(20)21)10(14)5-9/h3-5,8H,6-7H2,1-2H3,(H2,15,18). The maximum Gasteiger partial charge on any atom is 0.304 e. The van der Waals surface area contributed by atoms with Crippen LogP contribution in [0.1, 0.15) is 24.2 Å². The Kier molecular flexibility index (Phi) is 5.34. The minimum Gasteiger partial charge on any atom is -0.368 e. The van der Waals surface area contributed by atoms with Crippen LogP contribution in [-0.4, -0.2) is 34.7 Å². The minimum absolute atomic E-state index is 0.0694. The largest absolute Gasteiger partial charge is 0.368 e. The number of hydrogen-bond acceptors (Lipinski definition) is 4. The third-order valence-corrected chi connectivity index (χ3v) is 2.61. The topological polar surface area (TPSA) is 107 Å². The highest BCUT2D eigenvalue weighted by atomic mass is 19.1. The number of rotatable bonds is 6. The van der Waals surface area contributed by atoms with Crippen molar-refractivity contribution in [3.63, 3.8) is 0 Å². The summed E-state index contributed by atoms with van der Waals surface area (Å²) in [5, 5.41) is 10.5. The zero-order valence-corrected chi connectivity index (χ0v) is 11.7. The summed E-state index contributed by atoms with van der Waals surface area (Å²) in [6.45, 7) is 3.66. The van der Waals surface area contributed by atoms with Gasteiger partial charge in [0.1, 0.15) is 0 Å². The molecule has 0 radical (unpaired) electrons. The first-order chi connectivity index (χ1) is 9.72. The van der Waals surface area contributed by atoms with Gasteiger partial charge in [-0.1, -0.05) is 13.8 Å². The SMILES string of the molecule is CC(C)CN(CC(N)=O)C(=O)c1ccc([N+](=O)[O-])c(F)c1. The molecule has 0 aliphatic rings. The van der Waals surface area contributed by atoms with E-state index in [-0.39, 0.29) is 24.6 Å². The van der Waals surface area contributed by atoms with E-state index in [9.17, 15) is 24.1 Å². The molecule has 0 saturated heterocycles. The van der Waals surface area contributed by atoms with Crippen LogP contribution in [0.25, 0.3) is 0 Å². The summed E-state index contributed by atoms with van der Waals surface area (Å²) in [5.74, 6) is -2.31. The van der Waals surface area contributed by atoms with Crippen molar-refractivity contribution >= 4 is 17.5 Å². The highest BCUT2D eigenvalue weighted by molar-refractivity contribution is 5.96. The Hall–Kier alpha value is -2.51. The van der Waals surface area contributed by atoms with Crippen LogP contribution in [-0.2, 0) is 4.79 Å². The van der Waals surface area contributed by atoms with Crippen LogP contribution in [0.2, 0.25) is 0 Å². The van der Waals surface area contributed by atoms with Crippen molar-refractivity contribution < 1.29 is 18.9 Å². The molecule has 2 amide bonds. The molecule has 0 saturated carbocycles. The Balaban J connectivity index is 3.05. The number of carbonyl (C=O) groups excluding carboxylic acids is 2. The van der Waals surface area contributed by atoms with Gasteiger partial charge in [-0.2, -0.15) is 4.39 Å². The Morgan fingerprint density at radius 2 is 2.05 bits per heavy atom. The third-order valence-electron chi connectivity index (χ3n) is 2.61. The lowest BCUT2D eigenvalue weighted by Crippen LogP contribution is -2.40. The molecule has 1 rings (SSSR count). The summed E-state index contributed by atoms with van der Waals surface area (Å²) in [4.78, 5) is 34.1. The summed E-state index contributed by atoms with van der Waals surface area (Å²) >= 11 is 0. The summed E-state index contributed by atoms with van der Waals surface area (Å²) < 4.78 is 13.5. The van der Waals surface area contributed by atoms with Crippen LogP contribution >= 0.6 is 0 Å². The molecule has 0 aliphatic heterocycles. The average Bonchev–Trinajstić information content (AvgIpc) is 2.35. The molecule has 0 atom stereocenters. The summed E-state index contributed by atoms with van der Waals surface area (Å²) in [5.41, 5.74) is 4.30. The second kappa shape index (κ2) is 6.78. The molecule has 0 bridgehead atoms. The summed E-state index contributed by atoms with van der Waals surface area (Å²) in [6, 6.07) is 2.85. The third kappa shape index (κ3) is 4.51. The Morgan fingerprint density at radius 3 is 2.48 bits per heavy atom. The van der Waals surface area contributed by atoms with E-state index in [0.29, 0.717) is 0 Å². The highest BCUT2D eigenvalue weighted by Crippen LogP contribution is 2.19. The zero-order valence-electron chi connectivity index (χ0n) is 11.7. The van der Waals surface area contributed by atoms with Crippen molar-refractivity contribution in [3.05, 3.63) is 39.7 Å². The van der Waals surface area contributed by atoms with E-state index in [1.54, 1.807) is 0 Å². The lowest BCUT2D eigenvalue weighted by atomic mass is 10.1. The molecular formula is C13H16FN3O4. The van der Waals surface area contributed by atoms with Crippen LogP contribution < -0.4 is 5.73 Å². The van der Waals surface area contributed by atoms with Gasteiger partial charge in [0.05, 0.1) is 11.5 Å². The van der Waals surface area contributed by atoms with Crippen molar-refractivity contribution in [1.82, 2.24) is 4.90 Å². The van der Waals surface area contributed by atoms with E-state index in [0.717, 1.165) is 18.2 Å². The summed E-state index contributed by atoms with van der Waals surface area (Å²) in [6.07, 6.45) is 0. The number of primary amides is 1. The van der Waals surface area contributed by atoms with Gasteiger partial charge in [-0.05, 0) is 18.1 Å². The zero-order chi connectivity index (χ0) is 16.2. The fourth-order valence-corrected chi connectivity index (χ4v) is 1.82. The first-order valence-corrected chi connectivity index (χ1v) is 6.24. The molecule has 0 heterocycles. The normalized spacial score (nSPS) is 10.5. The first kappa shape index (κ1) is 16.5. The highest BCUT2D eigenvalue weighted by Gasteiger charge is 2.22. The molecule has 7 nitrogen and oxygen atoms in total. The van der Waals surface area contributed by atoms with Gasteiger partial charge in [-0.3, -0.25) is 19.7 Å². The van der Waals surface area contributed by atoms with E-state index < -0.39 is 28.2 Å². The Morgan fingerprint density at radius 1 is 1.43 bits per heavy atom. The number of halogens is 1. The molecule has 0 spiro atoms. The maximum absolute atomic E-state index is 13.5. The second-order valence-electron chi connectivity index (χ2n) is 4.97. The Labute approximate surface area is 120 Å². The lowest BCUT2D eigenvalue weighted by Gasteiger charge is -2.23. The fourth-order valence-electron chi connectivity index (χ4n) is 1.82. The molecular weight excluding hydrogens is 281 g/mol. The molecule has 0 unspecified atom stereocenters. The predicted octanol–water partition coefficient (Wildman–Crippen LogP) is 1.32. The van der Waals surface area contributed by atoms with Crippen molar-refractivity contribution in [1.29, 1.82) is 0 Å². The number of nitro benzene ring substituents is 1. The molecule has 1 aromatic carbocycles. The molecule has 0 fully saturated rings. The number of hydrogen-bond donors (Lipinski definition) is 1. The van der Waals surface area contributed by atoms with Gasteiger partial charge in [0.15, 0.2) is 0 Å². The predicted molar refractivity (Wildman–Crippen MR) is 73.0 cm³/mol. The van der Waals surface area contributed by atoms with Gasteiger partial charge < -0.3 is 10.6 Å².